The van der Waals surface area contributed by atoms with Crippen LogP contribution < -0.4 is 0 Å². The molecule has 19 heavy (non-hydrogen) atoms. The highest BCUT2D eigenvalue weighted by atomic mass is 16.5. The summed E-state index contributed by atoms with van der Waals surface area (Å²) >= 11 is 0. The van der Waals surface area contributed by atoms with E-state index in [1.807, 2.05) is 6.92 Å². The molecule has 0 aromatic carbocycles. The van der Waals surface area contributed by atoms with Crippen LogP contribution in [0, 0.1) is 0 Å². The summed E-state index contributed by atoms with van der Waals surface area (Å²) in [5.74, 6) is -0.00140. The highest BCUT2D eigenvalue weighted by Crippen LogP contribution is 2.11. The van der Waals surface area contributed by atoms with Crippen molar-refractivity contribution in [2.24, 2.45) is 0 Å². The molecule has 0 aliphatic heterocycles. The van der Waals surface area contributed by atoms with Gasteiger partial charge >= 0.3 is 5.97 Å². The van der Waals surface area contributed by atoms with Gasteiger partial charge in [0.2, 0.25) is 0 Å². The van der Waals surface area contributed by atoms with Gasteiger partial charge in [-0.1, -0.05) is 65.2 Å². The first-order chi connectivity index (χ1) is 9.20. The molecular formula is C17H34O2. The lowest BCUT2D eigenvalue weighted by Gasteiger charge is -2.13. The van der Waals surface area contributed by atoms with Gasteiger partial charge in [0.1, 0.15) is 0 Å². The maximum absolute atomic E-state index is 11.6. The van der Waals surface area contributed by atoms with Crippen molar-refractivity contribution < 1.29 is 9.53 Å². The van der Waals surface area contributed by atoms with Gasteiger partial charge < -0.3 is 4.74 Å². The minimum Gasteiger partial charge on any atom is -0.463 e. The minimum absolute atomic E-state index is 0.00140. The molecule has 0 heterocycles. The molecule has 0 amide bonds. The fraction of sp³-hybridized carbons (Fsp3) is 0.941. The van der Waals surface area contributed by atoms with Crippen molar-refractivity contribution in [1.82, 2.24) is 0 Å². The fourth-order valence-electron chi connectivity index (χ4n) is 2.25. The van der Waals surface area contributed by atoms with E-state index in [1.165, 1.54) is 57.8 Å². The van der Waals surface area contributed by atoms with Crippen LogP contribution in [0.4, 0.5) is 0 Å². The van der Waals surface area contributed by atoms with Gasteiger partial charge in [0.05, 0.1) is 6.10 Å². The van der Waals surface area contributed by atoms with Gasteiger partial charge in [0.15, 0.2) is 0 Å². The van der Waals surface area contributed by atoms with Crippen molar-refractivity contribution >= 4 is 5.97 Å². The van der Waals surface area contributed by atoms with E-state index < -0.39 is 0 Å². The molecule has 0 N–H and O–H groups in total. The molecule has 0 bridgehead atoms. The first kappa shape index (κ1) is 18.5. The van der Waals surface area contributed by atoms with E-state index in [1.54, 1.807) is 0 Å². The van der Waals surface area contributed by atoms with E-state index in [-0.39, 0.29) is 12.1 Å². The number of hydrogen-bond acceptors (Lipinski definition) is 2. The van der Waals surface area contributed by atoms with Crippen molar-refractivity contribution in [3.05, 3.63) is 0 Å². The van der Waals surface area contributed by atoms with Crippen molar-refractivity contribution in [2.75, 3.05) is 0 Å². The molecule has 0 aromatic heterocycles. The smallest absolute Gasteiger partial charge is 0.306 e. The predicted octanol–water partition coefficient (Wildman–Crippen LogP) is 5.64. The zero-order chi connectivity index (χ0) is 14.3. The molecule has 114 valence electrons. The Morgan fingerprint density at radius 1 is 0.842 bits per heavy atom. The normalized spacial score (nSPS) is 12.4. The molecule has 0 fully saturated rings. The zero-order valence-electron chi connectivity index (χ0n) is 13.4. The number of esters is 1. The summed E-state index contributed by atoms with van der Waals surface area (Å²) in [6.45, 7) is 6.45. The summed E-state index contributed by atoms with van der Waals surface area (Å²) in [5, 5.41) is 0. The second-order valence-electron chi connectivity index (χ2n) is 5.67. The van der Waals surface area contributed by atoms with Crippen LogP contribution in [0.15, 0.2) is 0 Å². The summed E-state index contributed by atoms with van der Waals surface area (Å²) in [4.78, 5) is 11.6. The van der Waals surface area contributed by atoms with Crippen LogP contribution in [-0.4, -0.2) is 12.1 Å². The number of carbonyl (C=O) groups excluding carboxylic acids is 1. The first-order valence-electron chi connectivity index (χ1n) is 8.40. The van der Waals surface area contributed by atoms with Crippen molar-refractivity contribution in [3.63, 3.8) is 0 Å². The summed E-state index contributed by atoms with van der Waals surface area (Å²) in [6.07, 6.45) is 14.0. The molecule has 0 aliphatic carbocycles. The Morgan fingerprint density at radius 2 is 1.37 bits per heavy atom. The third-order valence-electron chi connectivity index (χ3n) is 3.53. The Balaban J connectivity index is 3.36. The standard InChI is InChI=1S/C17H34O2/c1-4-6-8-10-11-13-15-17(18)19-16(3)14-12-9-7-5-2/h16H,4-15H2,1-3H3/t16-/m1/s1. The van der Waals surface area contributed by atoms with Gasteiger partial charge in [-0.25, -0.2) is 0 Å². The monoisotopic (exact) mass is 270 g/mol. The van der Waals surface area contributed by atoms with E-state index >= 15 is 0 Å². The number of rotatable bonds is 13. The van der Waals surface area contributed by atoms with Gasteiger partial charge in [-0.05, 0) is 26.2 Å². The molecule has 0 saturated heterocycles. The molecule has 0 saturated carbocycles. The number of ether oxygens (including phenoxy) is 1. The van der Waals surface area contributed by atoms with E-state index in [0.29, 0.717) is 6.42 Å². The Hall–Kier alpha value is -0.530. The average molecular weight is 270 g/mol. The maximum Gasteiger partial charge on any atom is 0.306 e. The van der Waals surface area contributed by atoms with Crippen LogP contribution in [0.5, 0.6) is 0 Å². The molecule has 2 heteroatoms. The van der Waals surface area contributed by atoms with Crippen LogP contribution in [0.1, 0.15) is 97.8 Å². The van der Waals surface area contributed by atoms with Crippen LogP contribution >= 0.6 is 0 Å². The number of carbonyl (C=O) groups is 1. The topological polar surface area (TPSA) is 26.3 Å². The van der Waals surface area contributed by atoms with Gasteiger partial charge in [0, 0.05) is 6.42 Å². The Kier molecular flexibility index (Phi) is 13.5. The molecule has 1 atom stereocenters. The second kappa shape index (κ2) is 13.9. The highest BCUT2D eigenvalue weighted by Gasteiger charge is 2.08. The lowest BCUT2D eigenvalue weighted by Crippen LogP contribution is -2.14. The highest BCUT2D eigenvalue weighted by molar-refractivity contribution is 5.69. The first-order valence-corrected chi connectivity index (χ1v) is 8.40. The van der Waals surface area contributed by atoms with Crippen molar-refractivity contribution in [3.8, 4) is 0 Å². The van der Waals surface area contributed by atoms with E-state index in [0.717, 1.165) is 12.8 Å². The predicted molar refractivity (Wildman–Crippen MR) is 82.3 cm³/mol. The summed E-state index contributed by atoms with van der Waals surface area (Å²) in [7, 11) is 0. The van der Waals surface area contributed by atoms with Gasteiger partial charge in [0.25, 0.3) is 0 Å². The van der Waals surface area contributed by atoms with Crippen LogP contribution in [-0.2, 0) is 9.53 Å². The summed E-state index contributed by atoms with van der Waals surface area (Å²) < 4.78 is 5.42. The Morgan fingerprint density at radius 3 is 2.00 bits per heavy atom. The average Bonchev–Trinajstić information content (AvgIpc) is 2.39. The molecule has 2 nitrogen and oxygen atoms in total. The third-order valence-corrected chi connectivity index (χ3v) is 3.53. The van der Waals surface area contributed by atoms with Crippen LogP contribution in [0.3, 0.4) is 0 Å². The maximum atomic E-state index is 11.6. The molecule has 0 rings (SSSR count). The lowest BCUT2D eigenvalue weighted by atomic mass is 10.1. The molecule has 0 radical (unpaired) electrons. The molecule has 0 unspecified atom stereocenters. The second-order valence-corrected chi connectivity index (χ2v) is 5.67. The summed E-state index contributed by atoms with van der Waals surface area (Å²) in [6, 6.07) is 0. The quantitative estimate of drug-likeness (QED) is 0.320. The van der Waals surface area contributed by atoms with E-state index in [4.69, 9.17) is 4.74 Å². The zero-order valence-corrected chi connectivity index (χ0v) is 13.4. The summed E-state index contributed by atoms with van der Waals surface area (Å²) in [5.41, 5.74) is 0. The Labute approximate surface area is 120 Å². The third kappa shape index (κ3) is 13.7. The van der Waals surface area contributed by atoms with Gasteiger partial charge in [-0.3, -0.25) is 4.79 Å². The van der Waals surface area contributed by atoms with Crippen molar-refractivity contribution in [1.29, 1.82) is 0 Å². The lowest BCUT2D eigenvalue weighted by molar-refractivity contribution is -0.148. The Bertz CT molecular complexity index is 201. The van der Waals surface area contributed by atoms with Gasteiger partial charge in [-0.15, -0.1) is 0 Å². The largest absolute Gasteiger partial charge is 0.463 e. The molecule has 0 spiro atoms. The van der Waals surface area contributed by atoms with E-state index in [9.17, 15) is 4.79 Å². The fourth-order valence-corrected chi connectivity index (χ4v) is 2.25. The van der Waals surface area contributed by atoms with Gasteiger partial charge in [-0.2, -0.15) is 0 Å². The molecule has 0 aliphatic rings. The molecular weight excluding hydrogens is 236 g/mol. The SMILES string of the molecule is CCCCCCCCC(=O)O[C@H](C)CCCCCC. The van der Waals surface area contributed by atoms with Crippen LogP contribution in [0.2, 0.25) is 0 Å². The van der Waals surface area contributed by atoms with Crippen LogP contribution in [0.25, 0.3) is 0 Å². The van der Waals surface area contributed by atoms with E-state index in [2.05, 4.69) is 13.8 Å². The molecule has 0 aromatic rings. The number of hydrogen-bond donors (Lipinski definition) is 0. The van der Waals surface area contributed by atoms with Crippen molar-refractivity contribution in [2.45, 2.75) is 104 Å². The number of unbranched alkanes of at least 4 members (excludes halogenated alkanes) is 8. The minimum atomic E-state index is -0.00140.